The van der Waals surface area contributed by atoms with Gasteiger partial charge in [0.1, 0.15) is 11.5 Å². The predicted molar refractivity (Wildman–Crippen MR) is 124 cm³/mol. The van der Waals surface area contributed by atoms with Crippen molar-refractivity contribution < 1.29 is 19.1 Å². The van der Waals surface area contributed by atoms with Crippen molar-refractivity contribution in [1.29, 1.82) is 0 Å². The molecule has 0 aromatic heterocycles. The second-order valence-electron chi connectivity index (χ2n) is 7.27. The summed E-state index contributed by atoms with van der Waals surface area (Å²) in [6.45, 7) is 1.91. The number of rotatable bonds is 5. The molecule has 0 radical (unpaired) electrons. The molecule has 4 aromatic carbocycles. The molecule has 5 nitrogen and oxygen atoms in total. The van der Waals surface area contributed by atoms with Gasteiger partial charge in [-0.1, -0.05) is 60.2 Å². The zero-order valence-electron chi connectivity index (χ0n) is 17.4. The first-order valence-corrected chi connectivity index (χ1v) is 10.1. The predicted octanol–water partition coefficient (Wildman–Crippen LogP) is 5.68. The second-order valence-corrected chi connectivity index (χ2v) is 7.27. The van der Waals surface area contributed by atoms with Crippen molar-refractivity contribution in [2.45, 2.75) is 6.92 Å². The van der Waals surface area contributed by atoms with Gasteiger partial charge in [0.15, 0.2) is 0 Å². The van der Waals surface area contributed by atoms with E-state index in [1.54, 1.807) is 66.7 Å². The van der Waals surface area contributed by atoms with Gasteiger partial charge < -0.3 is 15.2 Å². The molecule has 4 rings (SSSR count). The van der Waals surface area contributed by atoms with Gasteiger partial charge in [-0.3, -0.25) is 0 Å². The van der Waals surface area contributed by atoms with Crippen molar-refractivity contribution in [1.82, 2.24) is 0 Å². The first kappa shape index (κ1) is 20.9. The molecule has 4 aromatic rings. The molecule has 0 heterocycles. The van der Waals surface area contributed by atoms with E-state index in [2.05, 4.69) is 0 Å². The van der Waals surface area contributed by atoms with E-state index >= 15 is 0 Å². The molecule has 158 valence electrons. The Balaban J connectivity index is 1.65. The lowest BCUT2D eigenvalue weighted by Crippen LogP contribution is -2.11. The van der Waals surface area contributed by atoms with Crippen LogP contribution in [0.1, 0.15) is 26.3 Å². The Morgan fingerprint density at radius 3 is 1.66 bits per heavy atom. The lowest BCUT2D eigenvalue weighted by atomic mass is 10.0. The lowest BCUT2D eigenvalue weighted by Gasteiger charge is -2.14. The van der Waals surface area contributed by atoms with E-state index in [1.807, 2.05) is 37.3 Å². The maximum absolute atomic E-state index is 12.7. The Bertz CT molecular complexity index is 1200. The summed E-state index contributed by atoms with van der Waals surface area (Å²) in [5, 5.41) is 0. The van der Waals surface area contributed by atoms with Crippen LogP contribution in [-0.4, -0.2) is 11.9 Å². The number of esters is 2. The number of ether oxygens (including phenoxy) is 2. The topological polar surface area (TPSA) is 78.6 Å². The van der Waals surface area contributed by atoms with Gasteiger partial charge in [0, 0.05) is 16.8 Å². The van der Waals surface area contributed by atoms with Crippen molar-refractivity contribution in [3.8, 4) is 22.6 Å². The highest BCUT2D eigenvalue weighted by Crippen LogP contribution is 2.37. The minimum Gasteiger partial charge on any atom is -0.422 e. The van der Waals surface area contributed by atoms with Crippen LogP contribution in [0.4, 0.5) is 5.69 Å². The number of carbonyl (C=O) groups is 2. The summed E-state index contributed by atoms with van der Waals surface area (Å²) in [5.41, 5.74) is 9.27. The summed E-state index contributed by atoms with van der Waals surface area (Å²) in [6.07, 6.45) is 0. The average molecular weight is 423 g/mol. The Labute approximate surface area is 186 Å². The van der Waals surface area contributed by atoms with Crippen molar-refractivity contribution in [3.63, 3.8) is 0 Å². The summed E-state index contributed by atoms with van der Waals surface area (Å²) in [6, 6.07) is 28.0. The molecule has 0 saturated carbocycles. The van der Waals surface area contributed by atoms with E-state index < -0.39 is 11.9 Å². The molecule has 0 aliphatic rings. The number of aryl methyl sites for hydroxylation is 1. The summed E-state index contributed by atoms with van der Waals surface area (Å²) in [7, 11) is 0. The minimum absolute atomic E-state index is 0.346. The zero-order chi connectivity index (χ0) is 22.5. The Kier molecular flexibility index (Phi) is 5.99. The molecule has 0 atom stereocenters. The quantitative estimate of drug-likeness (QED) is 0.254. The maximum atomic E-state index is 12.7. The number of hydrogen-bond acceptors (Lipinski definition) is 5. The van der Waals surface area contributed by atoms with Crippen molar-refractivity contribution >= 4 is 17.6 Å². The Morgan fingerprint density at radius 2 is 1.12 bits per heavy atom. The van der Waals surface area contributed by atoms with Crippen LogP contribution in [0.25, 0.3) is 11.1 Å². The molecule has 0 fully saturated rings. The third-order valence-corrected chi connectivity index (χ3v) is 4.85. The summed E-state index contributed by atoms with van der Waals surface area (Å²) < 4.78 is 11.4. The van der Waals surface area contributed by atoms with Gasteiger partial charge in [-0.25, -0.2) is 9.59 Å². The van der Waals surface area contributed by atoms with E-state index in [-0.39, 0.29) is 0 Å². The summed E-state index contributed by atoms with van der Waals surface area (Å²) >= 11 is 0. The normalized spacial score (nSPS) is 10.4. The van der Waals surface area contributed by atoms with Crippen LogP contribution < -0.4 is 15.2 Å². The highest BCUT2D eigenvalue weighted by atomic mass is 16.5. The number of hydrogen-bond donors (Lipinski definition) is 1. The monoisotopic (exact) mass is 423 g/mol. The number of carbonyl (C=O) groups excluding carboxylic acids is 2. The summed E-state index contributed by atoms with van der Waals surface area (Å²) in [5.74, 6) is -0.278. The molecule has 0 aliphatic heterocycles. The number of anilines is 1. The fraction of sp³-hybridized carbons (Fsp3) is 0.0370. The van der Waals surface area contributed by atoms with Gasteiger partial charge >= 0.3 is 11.9 Å². The van der Waals surface area contributed by atoms with Crippen molar-refractivity contribution in [2.24, 2.45) is 0 Å². The van der Waals surface area contributed by atoms with Crippen LogP contribution in [0.15, 0.2) is 97.1 Å². The summed E-state index contributed by atoms with van der Waals surface area (Å²) in [4.78, 5) is 25.4. The van der Waals surface area contributed by atoms with Crippen LogP contribution in [-0.2, 0) is 0 Å². The fourth-order valence-electron chi connectivity index (χ4n) is 3.31. The highest BCUT2D eigenvalue weighted by Gasteiger charge is 2.17. The Hall–Kier alpha value is -4.38. The van der Waals surface area contributed by atoms with Gasteiger partial charge in [0.25, 0.3) is 0 Å². The molecule has 0 spiro atoms. The van der Waals surface area contributed by atoms with Gasteiger partial charge in [-0.2, -0.15) is 0 Å². The molecule has 0 saturated heterocycles. The van der Waals surface area contributed by atoms with E-state index in [4.69, 9.17) is 15.2 Å². The SMILES string of the molecule is Cc1cccc(C(=O)Oc2ccccc2-c2ccccc2OC(=O)c2cccc(N)c2)c1. The lowest BCUT2D eigenvalue weighted by molar-refractivity contribution is 0.0723. The van der Waals surface area contributed by atoms with E-state index in [0.717, 1.165) is 5.56 Å². The van der Waals surface area contributed by atoms with Crippen molar-refractivity contribution in [3.05, 3.63) is 114 Å². The minimum atomic E-state index is -0.529. The zero-order valence-corrected chi connectivity index (χ0v) is 17.4. The molecular formula is C27H21NO4. The Morgan fingerprint density at radius 1 is 0.625 bits per heavy atom. The first-order valence-electron chi connectivity index (χ1n) is 10.1. The third kappa shape index (κ3) is 4.68. The van der Waals surface area contributed by atoms with Crippen LogP contribution in [0.5, 0.6) is 11.5 Å². The van der Waals surface area contributed by atoms with Gasteiger partial charge in [0.05, 0.1) is 11.1 Å². The smallest absolute Gasteiger partial charge is 0.343 e. The van der Waals surface area contributed by atoms with E-state index in [0.29, 0.717) is 39.4 Å². The molecule has 0 unspecified atom stereocenters. The van der Waals surface area contributed by atoms with Crippen LogP contribution in [0, 0.1) is 6.92 Å². The van der Waals surface area contributed by atoms with Crippen molar-refractivity contribution in [2.75, 3.05) is 5.73 Å². The second kappa shape index (κ2) is 9.18. The number of nitrogens with two attached hydrogens (primary N) is 1. The van der Waals surface area contributed by atoms with E-state index in [1.165, 1.54) is 0 Å². The molecule has 0 aliphatic carbocycles. The molecule has 0 bridgehead atoms. The van der Waals surface area contributed by atoms with Gasteiger partial charge in [-0.15, -0.1) is 0 Å². The number of nitrogen functional groups attached to an aromatic ring is 1. The molecule has 2 N–H and O–H groups in total. The largest absolute Gasteiger partial charge is 0.422 e. The molecule has 0 amide bonds. The number of benzene rings is 4. The standard InChI is InChI=1S/C27H21NO4/c1-18-8-6-9-19(16-18)26(29)31-24-14-4-2-12-22(24)23-13-3-5-15-25(23)32-27(30)20-10-7-11-21(28)17-20/h2-17H,28H2,1H3. The fourth-order valence-corrected chi connectivity index (χ4v) is 3.31. The van der Waals surface area contributed by atoms with Crippen LogP contribution >= 0.6 is 0 Å². The van der Waals surface area contributed by atoms with E-state index in [9.17, 15) is 9.59 Å². The van der Waals surface area contributed by atoms with Gasteiger partial charge in [-0.05, 0) is 49.4 Å². The number of para-hydroxylation sites is 2. The first-order chi connectivity index (χ1) is 15.5. The molecule has 5 heteroatoms. The van der Waals surface area contributed by atoms with Crippen LogP contribution in [0.2, 0.25) is 0 Å². The van der Waals surface area contributed by atoms with Crippen LogP contribution in [0.3, 0.4) is 0 Å². The molecule has 32 heavy (non-hydrogen) atoms. The third-order valence-electron chi connectivity index (χ3n) is 4.85. The maximum Gasteiger partial charge on any atom is 0.343 e. The highest BCUT2D eigenvalue weighted by molar-refractivity contribution is 5.94. The molecular weight excluding hydrogens is 402 g/mol. The average Bonchev–Trinajstić information content (AvgIpc) is 2.80. The van der Waals surface area contributed by atoms with Gasteiger partial charge in [0.2, 0.25) is 0 Å².